The standard InChI is InChI=1S/C14H22BN3O2/c1-15(20)17-11-6-12-3-4-13(7-11)18(12)14-5-2-10(9-19)8-16-14/h2,5,8,11-13,17,19-20H,3-4,6-7,9H2,1H3. The third-order valence-corrected chi connectivity index (χ3v) is 4.47. The zero-order valence-electron chi connectivity index (χ0n) is 11.9. The Labute approximate surface area is 120 Å². The van der Waals surface area contributed by atoms with Crippen LogP contribution in [0.3, 0.4) is 0 Å². The van der Waals surface area contributed by atoms with Crippen molar-refractivity contribution in [2.75, 3.05) is 4.90 Å². The molecule has 0 amide bonds. The highest BCUT2D eigenvalue weighted by atomic mass is 16.3. The Morgan fingerprint density at radius 3 is 2.55 bits per heavy atom. The topological polar surface area (TPSA) is 68.6 Å². The minimum Gasteiger partial charge on any atom is -0.437 e. The fourth-order valence-corrected chi connectivity index (χ4v) is 3.69. The van der Waals surface area contributed by atoms with Crippen molar-refractivity contribution in [2.45, 2.75) is 57.2 Å². The van der Waals surface area contributed by atoms with Crippen molar-refractivity contribution in [2.24, 2.45) is 0 Å². The van der Waals surface area contributed by atoms with E-state index < -0.39 is 7.05 Å². The van der Waals surface area contributed by atoms with Gasteiger partial charge < -0.3 is 20.3 Å². The van der Waals surface area contributed by atoms with Gasteiger partial charge in [0.1, 0.15) is 5.82 Å². The van der Waals surface area contributed by atoms with Gasteiger partial charge >= 0.3 is 7.05 Å². The summed E-state index contributed by atoms with van der Waals surface area (Å²) in [6, 6.07) is 5.39. The SMILES string of the molecule is CB(O)NC1CC2CCC(C1)N2c1ccc(CO)cn1. The molecule has 5 nitrogen and oxygen atoms in total. The van der Waals surface area contributed by atoms with Crippen molar-refractivity contribution in [3.05, 3.63) is 23.9 Å². The smallest absolute Gasteiger partial charge is 0.373 e. The van der Waals surface area contributed by atoms with Crippen LogP contribution in [0.4, 0.5) is 5.82 Å². The molecule has 2 fully saturated rings. The lowest BCUT2D eigenvalue weighted by atomic mass is 9.84. The number of hydrogen-bond acceptors (Lipinski definition) is 5. The van der Waals surface area contributed by atoms with E-state index in [1.807, 2.05) is 12.1 Å². The number of hydrogen-bond donors (Lipinski definition) is 3. The van der Waals surface area contributed by atoms with E-state index >= 15 is 0 Å². The lowest BCUT2D eigenvalue weighted by molar-refractivity contribution is 0.281. The maximum Gasteiger partial charge on any atom is 0.373 e. The lowest BCUT2D eigenvalue weighted by Gasteiger charge is -2.40. The van der Waals surface area contributed by atoms with Gasteiger partial charge in [-0.05, 0) is 44.1 Å². The molecule has 6 heteroatoms. The third kappa shape index (κ3) is 2.68. The summed E-state index contributed by atoms with van der Waals surface area (Å²) >= 11 is 0. The molecular weight excluding hydrogens is 253 g/mol. The molecule has 0 aromatic carbocycles. The molecule has 20 heavy (non-hydrogen) atoms. The molecule has 0 aliphatic carbocycles. The van der Waals surface area contributed by atoms with E-state index in [0.29, 0.717) is 18.1 Å². The highest BCUT2D eigenvalue weighted by Crippen LogP contribution is 2.38. The summed E-state index contributed by atoms with van der Waals surface area (Å²) in [5, 5.41) is 21.8. The molecule has 0 saturated carbocycles. The van der Waals surface area contributed by atoms with Crippen LogP contribution in [0.2, 0.25) is 6.82 Å². The molecule has 2 unspecified atom stereocenters. The van der Waals surface area contributed by atoms with Gasteiger partial charge in [0.15, 0.2) is 0 Å². The molecule has 2 atom stereocenters. The third-order valence-electron chi connectivity index (χ3n) is 4.47. The Kier molecular flexibility index (Phi) is 3.96. The number of pyridine rings is 1. The fraction of sp³-hybridized carbons (Fsp3) is 0.643. The number of aliphatic hydroxyl groups excluding tert-OH is 1. The summed E-state index contributed by atoms with van der Waals surface area (Å²) in [7, 11) is -0.437. The zero-order chi connectivity index (χ0) is 14.1. The van der Waals surface area contributed by atoms with Gasteiger partial charge in [-0.15, -0.1) is 0 Å². The molecule has 2 aliphatic rings. The number of piperidine rings is 1. The minimum atomic E-state index is -0.437. The molecule has 1 aromatic rings. The van der Waals surface area contributed by atoms with Crippen LogP contribution in [0.5, 0.6) is 0 Å². The van der Waals surface area contributed by atoms with Crippen LogP contribution in [-0.2, 0) is 6.61 Å². The van der Waals surface area contributed by atoms with Crippen molar-refractivity contribution >= 4 is 12.9 Å². The number of anilines is 1. The quantitative estimate of drug-likeness (QED) is 0.708. The van der Waals surface area contributed by atoms with Crippen LogP contribution in [-0.4, -0.2) is 40.3 Å². The summed E-state index contributed by atoms with van der Waals surface area (Å²) < 4.78 is 0. The maximum absolute atomic E-state index is 9.48. The number of nitrogens with zero attached hydrogens (tertiary/aromatic N) is 2. The number of aromatic nitrogens is 1. The van der Waals surface area contributed by atoms with E-state index in [2.05, 4.69) is 15.1 Å². The Bertz CT molecular complexity index is 440. The van der Waals surface area contributed by atoms with Crippen LogP contribution in [0.25, 0.3) is 0 Å². The van der Waals surface area contributed by atoms with E-state index in [-0.39, 0.29) is 6.61 Å². The van der Waals surface area contributed by atoms with Gasteiger partial charge in [-0.3, -0.25) is 0 Å². The van der Waals surface area contributed by atoms with E-state index in [0.717, 1.165) is 24.2 Å². The average Bonchev–Trinajstić information content (AvgIpc) is 2.70. The first-order valence-electron chi connectivity index (χ1n) is 7.45. The molecule has 2 aliphatic heterocycles. The Morgan fingerprint density at radius 2 is 2.05 bits per heavy atom. The van der Waals surface area contributed by atoms with E-state index in [1.54, 1.807) is 13.0 Å². The van der Waals surface area contributed by atoms with Gasteiger partial charge in [-0.1, -0.05) is 6.07 Å². The van der Waals surface area contributed by atoms with Crippen LogP contribution >= 0.6 is 0 Å². The molecule has 3 N–H and O–H groups in total. The fourth-order valence-electron chi connectivity index (χ4n) is 3.69. The molecule has 108 valence electrons. The van der Waals surface area contributed by atoms with Gasteiger partial charge in [0.2, 0.25) is 0 Å². The number of rotatable bonds is 4. The monoisotopic (exact) mass is 275 g/mol. The normalized spacial score (nSPS) is 28.8. The zero-order valence-corrected chi connectivity index (χ0v) is 11.9. The van der Waals surface area contributed by atoms with E-state index in [1.165, 1.54) is 12.8 Å². The van der Waals surface area contributed by atoms with Gasteiger partial charge in [0, 0.05) is 24.3 Å². The molecule has 2 saturated heterocycles. The number of fused-ring (bicyclic) bond motifs is 2. The highest BCUT2D eigenvalue weighted by Gasteiger charge is 2.41. The Morgan fingerprint density at radius 1 is 1.35 bits per heavy atom. The summed E-state index contributed by atoms with van der Waals surface area (Å²) in [5.41, 5.74) is 0.853. The molecule has 1 aromatic heterocycles. The molecule has 0 spiro atoms. The van der Waals surface area contributed by atoms with Crippen molar-refractivity contribution in [3.8, 4) is 0 Å². The second-order valence-corrected chi connectivity index (χ2v) is 5.99. The predicted molar refractivity (Wildman–Crippen MR) is 79.4 cm³/mol. The minimum absolute atomic E-state index is 0.0422. The molecule has 3 rings (SSSR count). The molecular formula is C14H22BN3O2. The first kappa shape index (κ1) is 13.9. The molecule has 3 heterocycles. The highest BCUT2D eigenvalue weighted by molar-refractivity contribution is 6.45. The van der Waals surface area contributed by atoms with Gasteiger partial charge in [0.05, 0.1) is 6.61 Å². The van der Waals surface area contributed by atoms with Gasteiger partial charge in [0.25, 0.3) is 0 Å². The van der Waals surface area contributed by atoms with E-state index in [4.69, 9.17) is 5.11 Å². The predicted octanol–water partition coefficient (Wildman–Crippen LogP) is 0.774. The van der Waals surface area contributed by atoms with Crippen molar-refractivity contribution < 1.29 is 10.1 Å². The van der Waals surface area contributed by atoms with Gasteiger partial charge in [-0.2, -0.15) is 0 Å². The number of nitrogens with one attached hydrogen (secondary N) is 1. The molecule has 0 radical (unpaired) electrons. The Balaban J connectivity index is 1.72. The van der Waals surface area contributed by atoms with Crippen molar-refractivity contribution in [3.63, 3.8) is 0 Å². The lowest BCUT2D eigenvalue weighted by Crippen LogP contribution is -2.52. The first-order chi connectivity index (χ1) is 9.67. The summed E-state index contributed by atoms with van der Waals surface area (Å²) in [6.07, 6.45) is 6.28. The van der Waals surface area contributed by atoms with Crippen molar-refractivity contribution in [1.29, 1.82) is 0 Å². The largest absolute Gasteiger partial charge is 0.437 e. The second-order valence-electron chi connectivity index (χ2n) is 5.99. The van der Waals surface area contributed by atoms with Crippen LogP contribution in [0.15, 0.2) is 18.3 Å². The Hall–Kier alpha value is -1.11. The number of aliphatic hydroxyl groups is 1. The van der Waals surface area contributed by atoms with Crippen LogP contribution in [0.1, 0.15) is 31.2 Å². The van der Waals surface area contributed by atoms with E-state index in [9.17, 15) is 5.02 Å². The average molecular weight is 275 g/mol. The van der Waals surface area contributed by atoms with Crippen molar-refractivity contribution in [1.82, 2.24) is 10.2 Å². The summed E-state index contributed by atoms with van der Waals surface area (Å²) in [4.78, 5) is 6.93. The van der Waals surface area contributed by atoms with Crippen LogP contribution in [0, 0.1) is 0 Å². The summed E-state index contributed by atoms with van der Waals surface area (Å²) in [6.45, 7) is 1.82. The van der Waals surface area contributed by atoms with Crippen LogP contribution < -0.4 is 10.1 Å². The second kappa shape index (κ2) is 5.72. The first-order valence-corrected chi connectivity index (χ1v) is 7.45. The molecule has 2 bridgehead atoms. The van der Waals surface area contributed by atoms with Gasteiger partial charge in [-0.25, -0.2) is 4.98 Å². The maximum atomic E-state index is 9.48. The summed E-state index contributed by atoms with van der Waals surface area (Å²) in [5.74, 6) is 1.02.